The summed E-state index contributed by atoms with van der Waals surface area (Å²) in [7, 11) is 1.86. The van der Waals surface area contributed by atoms with Crippen LogP contribution in [0.2, 0.25) is 0 Å². The van der Waals surface area contributed by atoms with E-state index in [1.54, 1.807) is 11.0 Å². The summed E-state index contributed by atoms with van der Waals surface area (Å²) in [6, 6.07) is 16.0. The van der Waals surface area contributed by atoms with Gasteiger partial charge in [-0.15, -0.1) is 0 Å². The van der Waals surface area contributed by atoms with Gasteiger partial charge in [-0.05, 0) is 62.6 Å². The van der Waals surface area contributed by atoms with Gasteiger partial charge in [0.1, 0.15) is 12.7 Å². The molecule has 5 aromatic rings. The van der Waals surface area contributed by atoms with Crippen molar-refractivity contribution in [2.24, 2.45) is 0 Å². The first-order valence-electron chi connectivity index (χ1n) is 11.4. The maximum Gasteiger partial charge on any atom is 0.223 e. The topological polar surface area (TPSA) is 81.2 Å². The van der Waals surface area contributed by atoms with E-state index in [4.69, 9.17) is 10.1 Å². The molecule has 3 heterocycles. The molecule has 0 radical (unpaired) electrons. The quantitative estimate of drug-likeness (QED) is 0.384. The molecule has 0 saturated heterocycles. The number of hydrogen-bond acceptors (Lipinski definition) is 5. The Balaban J connectivity index is 1.31. The number of hydrogen-bond donors (Lipinski definition) is 0. The molecular formula is C26H27N7O. The van der Waals surface area contributed by atoms with Crippen molar-refractivity contribution in [2.75, 3.05) is 7.05 Å². The highest BCUT2D eigenvalue weighted by atomic mass is 16.2. The van der Waals surface area contributed by atoms with Gasteiger partial charge in [-0.1, -0.05) is 24.3 Å². The van der Waals surface area contributed by atoms with E-state index < -0.39 is 0 Å². The summed E-state index contributed by atoms with van der Waals surface area (Å²) in [4.78, 5) is 23.7. The van der Waals surface area contributed by atoms with Gasteiger partial charge in [-0.25, -0.2) is 19.2 Å². The van der Waals surface area contributed by atoms with Gasteiger partial charge in [0.15, 0.2) is 5.65 Å². The molecule has 1 atom stereocenters. The Morgan fingerprint density at radius 1 is 1.09 bits per heavy atom. The molecule has 5 rings (SSSR count). The van der Waals surface area contributed by atoms with Gasteiger partial charge >= 0.3 is 0 Å². The molecule has 0 N–H and O–H groups in total. The van der Waals surface area contributed by atoms with Crippen LogP contribution >= 0.6 is 0 Å². The van der Waals surface area contributed by atoms with Gasteiger partial charge in [0.2, 0.25) is 5.91 Å². The van der Waals surface area contributed by atoms with E-state index in [2.05, 4.69) is 17.0 Å². The molecule has 8 heteroatoms. The number of fused-ring (bicyclic) bond motifs is 3. The zero-order valence-electron chi connectivity index (χ0n) is 19.8. The SMILES string of the molecule is Cc1nc2c3ccccc3nn2c(C)c1CCC(=O)N(C)C(C)c1ccc(-n2cncn2)cc1. The summed E-state index contributed by atoms with van der Waals surface area (Å²) in [5, 5.41) is 9.91. The molecule has 0 aliphatic carbocycles. The summed E-state index contributed by atoms with van der Waals surface area (Å²) in [6.45, 7) is 6.11. The monoisotopic (exact) mass is 453 g/mol. The third-order valence-corrected chi connectivity index (χ3v) is 6.64. The van der Waals surface area contributed by atoms with Gasteiger partial charge in [-0.3, -0.25) is 4.79 Å². The fraction of sp³-hybridized carbons (Fsp3) is 0.269. The second-order valence-electron chi connectivity index (χ2n) is 8.63. The van der Waals surface area contributed by atoms with Crippen molar-refractivity contribution in [1.82, 2.24) is 34.3 Å². The molecule has 34 heavy (non-hydrogen) atoms. The summed E-state index contributed by atoms with van der Waals surface area (Å²) in [6.07, 6.45) is 4.20. The Bertz CT molecular complexity index is 1470. The molecule has 2 aromatic carbocycles. The standard InChI is InChI=1S/C26H27N7O/c1-17-22(19(3)33-26(29-17)23-7-5-6-8-24(23)30-33)13-14-25(34)31(4)18(2)20-9-11-21(12-10-20)32-16-27-15-28-32/h5-12,15-16,18H,13-14H2,1-4H3. The first-order chi connectivity index (χ1) is 16.4. The van der Waals surface area contributed by atoms with Crippen molar-refractivity contribution in [3.8, 4) is 5.69 Å². The van der Waals surface area contributed by atoms with Gasteiger partial charge in [0, 0.05) is 30.2 Å². The number of carbonyl (C=O) groups excluding carboxylic acids is 1. The van der Waals surface area contributed by atoms with Gasteiger partial charge in [-0.2, -0.15) is 10.2 Å². The van der Waals surface area contributed by atoms with Crippen LogP contribution in [0.25, 0.3) is 22.2 Å². The van der Waals surface area contributed by atoms with Crippen LogP contribution in [0.3, 0.4) is 0 Å². The minimum Gasteiger partial charge on any atom is -0.339 e. The molecular weight excluding hydrogens is 426 g/mol. The fourth-order valence-electron chi connectivity index (χ4n) is 4.43. The first kappa shape index (κ1) is 21.8. The molecule has 172 valence electrons. The largest absolute Gasteiger partial charge is 0.339 e. The number of amides is 1. The maximum atomic E-state index is 13.1. The average molecular weight is 454 g/mol. The van der Waals surface area contributed by atoms with Crippen LogP contribution in [-0.4, -0.2) is 47.2 Å². The Kier molecular flexibility index (Phi) is 5.57. The molecule has 0 saturated carbocycles. The van der Waals surface area contributed by atoms with Crippen LogP contribution in [0.1, 0.15) is 41.9 Å². The second kappa shape index (κ2) is 8.70. The molecule has 0 fully saturated rings. The summed E-state index contributed by atoms with van der Waals surface area (Å²) in [5.74, 6) is 0.0948. The lowest BCUT2D eigenvalue weighted by atomic mass is 10.0. The van der Waals surface area contributed by atoms with Crippen LogP contribution < -0.4 is 0 Å². The summed E-state index contributed by atoms with van der Waals surface area (Å²) >= 11 is 0. The zero-order valence-corrected chi connectivity index (χ0v) is 19.8. The van der Waals surface area contributed by atoms with Crippen molar-refractivity contribution < 1.29 is 4.79 Å². The first-order valence-corrected chi connectivity index (χ1v) is 11.4. The fourth-order valence-corrected chi connectivity index (χ4v) is 4.43. The Morgan fingerprint density at radius 3 is 2.59 bits per heavy atom. The number of carbonyl (C=O) groups is 1. The van der Waals surface area contributed by atoms with E-state index in [0.29, 0.717) is 12.8 Å². The van der Waals surface area contributed by atoms with Crippen LogP contribution in [0.15, 0.2) is 61.2 Å². The van der Waals surface area contributed by atoms with E-state index in [-0.39, 0.29) is 11.9 Å². The molecule has 1 unspecified atom stereocenters. The van der Waals surface area contributed by atoms with E-state index in [1.165, 1.54) is 6.33 Å². The highest BCUT2D eigenvalue weighted by Gasteiger charge is 2.20. The van der Waals surface area contributed by atoms with E-state index in [1.807, 2.05) is 78.8 Å². The molecule has 3 aromatic heterocycles. The van der Waals surface area contributed by atoms with Crippen molar-refractivity contribution in [2.45, 2.75) is 39.7 Å². The number of nitrogens with zero attached hydrogens (tertiary/aromatic N) is 7. The van der Waals surface area contributed by atoms with Gasteiger partial charge in [0.25, 0.3) is 0 Å². The van der Waals surface area contributed by atoms with Crippen molar-refractivity contribution in [3.05, 3.63) is 83.7 Å². The molecule has 1 amide bonds. The van der Waals surface area contributed by atoms with E-state index in [9.17, 15) is 4.79 Å². The number of aryl methyl sites for hydroxylation is 2. The Morgan fingerprint density at radius 2 is 1.85 bits per heavy atom. The van der Waals surface area contributed by atoms with Crippen LogP contribution in [0, 0.1) is 13.8 Å². The summed E-state index contributed by atoms with van der Waals surface area (Å²) < 4.78 is 3.61. The summed E-state index contributed by atoms with van der Waals surface area (Å²) in [5.41, 5.74) is 6.84. The highest BCUT2D eigenvalue weighted by Crippen LogP contribution is 2.24. The maximum absolute atomic E-state index is 13.1. The van der Waals surface area contributed by atoms with Crippen molar-refractivity contribution in [3.63, 3.8) is 0 Å². The molecule has 0 spiro atoms. The molecule has 0 bridgehead atoms. The van der Waals surface area contributed by atoms with Crippen LogP contribution in [0.5, 0.6) is 0 Å². The van der Waals surface area contributed by atoms with Crippen LogP contribution in [0.4, 0.5) is 0 Å². The third-order valence-electron chi connectivity index (χ3n) is 6.64. The van der Waals surface area contributed by atoms with E-state index >= 15 is 0 Å². The van der Waals surface area contributed by atoms with E-state index in [0.717, 1.165) is 44.8 Å². The molecule has 8 nitrogen and oxygen atoms in total. The minimum absolute atomic E-state index is 0.0449. The lowest BCUT2D eigenvalue weighted by molar-refractivity contribution is -0.131. The second-order valence-corrected chi connectivity index (χ2v) is 8.63. The van der Waals surface area contributed by atoms with Crippen molar-refractivity contribution in [1.29, 1.82) is 0 Å². The third kappa shape index (κ3) is 3.81. The number of aromatic nitrogens is 6. The average Bonchev–Trinajstić information content (AvgIpc) is 3.52. The van der Waals surface area contributed by atoms with Gasteiger partial charge < -0.3 is 4.90 Å². The lowest BCUT2D eigenvalue weighted by Gasteiger charge is -2.26. The number of benzene rings is 2. The normalized spacial score (nSPS) is 12.4. The highest BCUT2D eigenvalue weighted by molar-refractivity contribution is 5.92. The van der Waals surface area contributed by atoms with Crippen LogP contribution in [-0.2, 0) is 11.2 Å². The predicted molar refractivity (Wildman–Crippen MR) is 131 cm³/mol. The Labute approximate surface area is 197 Å². The molecule has 0 aliphatic rings. The minimum atomic E-state index is -0.0449. The lowest BCUT2D eigenvalue weighted by Crippen LogP contribution is -2.30. The predicted octanol–water partition coefficient (Wildman–Crippen LogP) is 4.23. The Hall–Kier alpha value is -4.07. The number of rotatable bonds is 6. The van der Waals surface area contributed by atoms with Crippen molar-refractivity contribution >= 4 is 22.5 Å². The van der Waals surface area contributed by atoms with Gasteiger partial charge in [0.05, 0.1) is 17.2 Å². The smallest absolute Gasteiger partial charge is 0.223 e. The molecule has 0 aliphatic heterocycles. The zero-order chi connectivity index (χ0) is 23.8.